The number of rotatable bonds is 5. The molecule has 1 N–H and O–H groups in total. The van der Waals surface area contributed by atoms with Crippen LogP contribution >= 0.6 is 0 Å². The summed E-state index contributed by atoms with van der Waals surface area (Å²) < 4.78 is 1.39. The van der Waals surface area contributed by atoms with Crippen molar-refractivity contribution in [2.24, 2.45) is 0 Å². The highest BCUT2D eigenvalue weighted by Gasteiger charge is 2.19. The Balaban J connectivity index is 1.49. The average Bonchev–Trinajstić information content (AvgIpc) is 2.75. The number of benzene rings is 1. The molecule has 0 unspecified atom stereocenters. The summed E-state index contributed by atoms with van der Waals surface area (Å²) in [7, 11) is 0. The lowest BCUT2D eigenvalue weighted by molar-refractivity contribution is 0.0948. The maximum atomic E-state index is 12.7. The molecule has 3 heterocycles. The maximum absolute atomic E-state index is 12.7. The fraction of sp³-hybridized carbons (Fsp3) is 0.348. The van der Waals surface area contributed by atoms with Crippen LogP contribution in [0.15, 0.2) is 59.7 Å². The molecule has 1 saturated heterocycles. The summed E-state index contributed by atoms with van der Waals surface area (Å²) in [5, 5.41) is 2.90. The van der Waals surface area contributed by atoms with Crippen molar-refractivity contribution in [3.8, 4) is 0 Å². The van der Waals surface area contributed by atoms with Crippen molar-refractivity contribution in [3.63, 3.8) is 0 Å². The van der Waals surface area contributed by atoms with Crippen molar-refractivity contribution in [1.82, 2.24) is 19.6 Å². The molecular formula is C23H26N4O2. The lowest BCUT2D eigenvalue weighted by atomic mass is 10.0. The van der Waals surface area contributed by atoms with Crippen LogP contribution in [-0.2, 0) is 13.1 Å². The minimum Gasteiger partial charge on any atom is -0.348 e. The zero-order valence-corrected chi connectivity index (χ0v) is 16.7. The van der Waals surface area contributed by atoms with E-state index in [1.54, 1.807) is 18.3 Å². The van der Waals surface area contributed by atoms with E-state index in [0.29, 0.717) is 18.2 Å². The molecule has 0 aliphatic carbocycles. The van der Waals surface area contributed by atoms with E-state index in [0.717, 1.165) is 18.7 Å². The van der Waals surface area contributed by atoms with Gasteiger partial charge in [-0.25, -0.2) is 4.98 Å². The first kappa shape index (κ1) is 19.3. The Labute approximate surface area is 170 Å². The van der Waals surface area contributed by atoms with E-state index in [1.165, 1.54) is 35.4 Å². The Kier molecular flexibility index (Phi) is 5.71. The molecule has 0 saturated carbocycles. The maximum Gasteiger partial charge on any atom is 0.270 e. The highest BCUT2D eigenvalue weighted by Crippen LogP contribution is 2.20. The second-order valence-electron chi connectivity index (χ2n) is 7.67. The molecule has 29 heavy (non-hydrogen) atoms. The number of aromatic nitrogens is 2. The second-order valence-corrected chi connectivity index (χ2v) is 7.67. The normalized spacial score (nSPS) is 17.3. The summed E-state index contributed by atoms with van der Waals surface area (Å²) >= 11 is 0. The standard InChI is InChI=1S/C23H26N4O2/c1-17-8-4-6-12-26(17)16-19-10-3-2-9-18(19)14-25-22(28)20-15-24-21-11-5-7-13-27(21)23(20)29/h2-3,5,7,9-11,13,15,17H,4,6,8,12,14,16H2,1H3,(H,25,28)/t17-/m0/s1. The zero-order valence-electron chi connectivity index (χ0n) is 16.7. The predicted molar refractivity (Wildman–Crippen MR) is 113 cm³/mol. The van der Waals surface area contributed by atoms with Gasteiger partial charge in [-0.2, -0.15) is 0 Å². The molecule has 4 rings (SSSR count). The van der Waals surface area contributed by atoms with E-state index in [9.17, 15) is 9.59 Å². The highest BCUT2D eigenvalue weighted by atomic mass is 16.2. The fourth-order valence-corrected chi connectivity index (χ4v) is 3.95. The number of hydrogen-bond acceptors (Lipinski definition) is 4. The Bertz CT molecular complexity index is 1080. The molecule has 2 aromatic heterocycles. The molecule has 3 aromatic rings. The van der Waals surface area contributed by atoms with Gasteiger partial charge in [-0.15, -0.1) is 0 Å². The number of nitrogens with zero attached hydrogens (tertiary/aromatic N) is 3. The third kappa shape index (κ3) is 4.22. The minimum atomic E-state index is -0.401. The first-order valence-electron chi connectivity index (χ1n) is 10.2. The van der Waals surface area contributed by atoms with Crippen LogP contribution < -0.4 is 10.9 Å². The van der Waals surface area contributed by atoms with Crippen LogP contribution in [0, 0.1) is 0 Å². The number of nitrogens with one attached hydrogen (secondary N) is 1. The quantitative estimate of drug-likeness (QED) is 0.727. The van der Waals surface area contributed by atoms with Crippen molar-refractivity contribution in [1.29, 1.82) is 0 Å². The molecule has 1 atom stereocenters. The predicted octanol–water partition coefficient (Wildman–Crippen LogP) is 3.00. The molecule has 150 valence electrons. The Morgan fingerprint density at radius 1 is 1.14 bits per heavy atom. The number of carbonyl (C=O) groups excluding carboxylic acids is 1. The molecule has 1 fully saturated rings. The van der Waals surface area contributed by atoms with Crippen LogP contribution in [0.2, 0.25) is 0 Å². The van der Waals surface area contributed by atoms with Crippen molar-refractivity contribution < 1.29 is 4.79 Å². The Morgan fingerprint density at radius 3 is 2.76 bits per heavy atom. The number of amides is 1. The summed E-state index contributed by atoms with van der Waals surface area (Å²) in [6.45, 7) is 4.66. The third-order valence-corrected chi connectivity index (χ3v) is 5.73. The van der Waals surface area contributed by atoms with Gasteiger partial charge in [0, 0.05) is 31.5 Å². The van der Waals surface area contributed by atoms with Crippen LogP contribution in [0.1, 0.15) is 47.7 Å². The van der Waals surface area contributed by atoms with Gasteiger partial charge in [0.15, 0.2) is 0 Å². The summed E-state index contributed by atoms with van der Waals surface area (Å²) in [4.78, 5) is 32.0. The van der Waals surface area contributed by atoms with Crippen molar-refractivity contribution in [2.75, 3.05) is 6.54 Å². The van der Waals surface area contributed by atoms with Gasteiger partial charge < -0.3 is 5.32 Å². The third-order valence-electron chi connectivity index (χ3n) is 5.73. The lowest BCUT2D eigenvalue weighted by Gasteiger charge is -2.33. The van der Waals surface area contributed by atoms with Gasteiger partial charge in [-0.05, 0) is 49.6 Å². The first-order chi connectivity index (χ1) is 14.1. The number of pyridine rings is 1. The van der Waals surface area contributed by atoms with Crippen LogP contribution in [0.3, 0.4) is 0 Å². The molecule has 1 aromatic carbocycles. The summed E-state index contributed by atoms with van der Waals surface area (Å²) in [6.07, 6.45) is 6.75. The Morgan fingerprint density at radius 2 is 1.93 bits per heavy atom. The number of piperidine rings is 1. The van der Waals surface area contributed by atoms with Gasteiger partial charge in [0.2, 0.25) is 0 Å². The molecule has 0 radical (unpaired) electrons. The van der Waals surface area contributed by atoms with E-state index < -0.39 is 5.91 Å². The number of hydrogen-bond donors (Lipinski definition) is 1. The second kappa shape index (κ2) is 8.57. The number of likely N-dealkylation sites (tertiary alicyclic amines) is 1. The SMILES string of the molecule is C[C@H]1CCCCN1Cc1ccccc1CNC(=O)c1cnc2ccccn2c1=O. The summed E-state index contributed by atoms with van der Waals surface area (Å²) in [5.41, 5.74) is 2.51. The molecule has 1 aliphatic rings. The molecule has 1 amide bonds. The van der Waals surface area contributed by atoms with Crippen molar-refractivity contribution in [3.05, 3.63) is 81.9 Å². The molecule has 1 aliphatic heterocycles. The molecule has 6 heteroatoms. The van der Waals surface area contributed by atoms with Crippen LogP contribution in [-0.4, -0.2) is 32.8 Å². The van der Waals surface area contributed by atoms with E-state index in [4.69, 9.17) is 0 Å². The average molecular weight is 390 g/mol. The number of carbonyl (C=O) groups is 1. The minimum absolute atomic E-state index is 0.0517. The first-order valence-corrected chi connectivity index (χ1v) is 10.2. The topological polar surface area (TPSA) is 66.7 Å². The smallest absolute Gasteiger partial charge is 0.270 e. The molecule has 0 spiro atoms. The van der Waals surface area contributed by atoms with Gasteiger partial charge in [0.05, 0.1) is 0 Å². The zero-order chi connectivity index (χ0) is 20.2. The summed E-state index contributed by atoms with van der Waals surface area (Å²) in [5.74, 6) is -0.401. The van der Waals surface area contributed by atoms with E-state index in [-0.39, 0.29) is 11.1 Å². The van der Waals surface area contributed by atoms with Gasteiger partial charge in [-0.1, -0.05) is 36.8 Å². The number of fused-ring (bicyclic) bond motifs is 1. The van der Waals surface area contributed by atoms with Gasteiger partial charge >= 0.3 is 0 Å². The van der Waals surface area contributed by atoms with E-state index >= 15 is 0 Å². The summed E-state index contributed by atoms with van der Waals surface area (Å²) in [6, 6.07) is 14.0. The highest BCUT2D eigenvalue weighted by molar-refractivity contribution is 5.93. The molecular weight excluding hydrogens is 364 g/mol. The van der Waals surface area contributed by atoms with Crippen molar-refractivity contribution in [2.45, 2.75) is 45.3 Å². The van der Waals surface area contributed by atoms with E-state index in [1.807, 2.05) is 24.3 Å². The van der Waals surface area contributed by atoms with Gasteiger partial charge in [-0.3, -0.25) is 18.9 Å². The Hall–Kier alpha value is -2.99. The van der Waals surface area contributed by atoms with Crippen LogP contribution in [0.4, 0.5) is 0 Å². The largest absolute Gasteiger partial charge is 0.348 e. The van der Waals surface area contributed by atoms with Gasteiger partial charge in [0.25, 0.3) is 11.5 Å². The van der Waals surface area contributed by atoms with Crippen molar-refractivity contribution >= 4 is 11.6 Å². The monoisotopic (exact) mass is 390 g/mol. The lowest BCUT2D eigenvalue weighted by Crippen LogP contribution is -2.37. The van der Waals surface area contributed by atoms with Crippen LogP contribution in [0.25, 0.3) is 5.65 Å². The van der Waals surface area contributed by atoms with Gasteiger partial charge in [0.1, 0.15) is 11.2 Å². The van der Waals surface area contributed by atoms with E-state index in [2.05, 4.69) is 28.2 Å². The molecule has 6 nitrogen and oxygen atoms in total. The molecule has 0 bridgehead atoms. The van der Waals surface area contributed by atoms with Crippen LogP contribution in [0.5, 0.6) is 0 Å². The fourth-order valence-electron chi connectivity index (χ4n) is 3.95.